The third-order valence-electron chi connectivity index (χ3n) is 4.20. The van der Waals surface area contributed by atoms with Crippen LogP contribution >= 0.6 is 11.6 Å². The Bertz CT molecular complexity index is 960. The summed E-state index contributed by atoms with van der Waals surface area (Å²) in [6, 6.07) is 7.36. The van der Waals surface area contributed by atoms with Gasteiger partial charge in [0.15, 0.2) is 0 Å². The Morgan fingerprint density at radius 3 is 2.87 bits per heavy atom. The van der Waals surface area contributed by atoms with Gasteiger partial charge in [0.25, 0.3) is 5.56 Å². The number of aromatic nitrogens is 3. The number of hydrogen-bond acceptors (Lipinski definition) is 3. The van der Waals surface area contributed by atoms with Crippen molar-refractivity contribution < 1.29 is 0 Å². The molecule has 0 aliphatic heterocycles. The van der Waals surface area contributed by atoms with Crippen LogP contribution in [-0.2, 0) is 6.42 Å². The van der Waals surface area contributed by atoms with Crippen LogP contribution in [-0.4, -0.2) is 14.5 Å². The van der Waals surface area contributed by atoms with Crippen LogP contribution in [0.2, 0.25) is 5.02 Å². The summed E-state index contributed by atoms with van der Waals surface area (Å²) in [5, 5.41) is 0.905. The molecule has 5 heteroatoms. The predicted octanol–water partition coefficient (Wildman–Crippen LogP) is 3.70. The molecule has 2 heterocycles. The Kier molecular flexibility index (Phi) is 3.42. The van der Waals surface area contributed by atoms with Gasteiger partial charge >= 0.3 is 0 Å². The average molecular weight is 326 g/mol. The first-order chi connectivity index (χ1) is 11.1. The van der Waals surface area contributed by atoms with Gasteiger partial charge in [-0.2, -0.15) is 0 Å². The van der Waals surface area contributed by atoms with E-state index in [1.54, 1.807) is 23.0 Å². The first-order valence-corrected chi connectivity index (χ1v) is 8.13. The van der Waals surface area contributed by atoms with Gasteiger partial charge in [-0.3, -0.25) is 14.3 Å². The molecule has 1 fully saturated rings. The second-order valence-corrected chi connectivity index (χ2v) is 6.58. The van der Waals surface area contributed by atoms with Crippen molar-refractivity contribution in [1.29, 1.82) is 0 Å². The topological polar surface area (TPSA) is 47.8 Å². The molecule has 0 unspecified atom stereocenters. The molecule has 0 N–H and O–H groups in total. The van der Waals surface area contributed by atoms with E-state index in [0.29, 0.717) is 21.8 Å². The maximum Gasteiger partial charge on any atom is 0.267 e. The lowest BCUT2D eigenvalue weighted by Crippen LogP contribution is -2.24. The van der Waals surface area contributed by atoms with Gasteiger partial charge in [-0.1, -0.05) is 17.7 Å². The molecule has 4 rings (SSSR count). The molecule has 1 saturated carbocycles. The van der Waals surface area contributed by atoms with Crippen LogP contribution in [0.4, 0.5) is 0 Å². The fourth-order valence-corrected chi connectivity index (χ4v) is 3.13. The molecule has 1 aliphatic rings. The van der Waals surface area contributed by atoms with Crippen LogP contribution in [0.3, 0.4) is 0 Å². The molecule has 1 aliphatic carbocycles. The minimum absolute atomic E-state index is 0.122. The molecular weight excluding hydrogens is 310 g/mol. The Labute approximate surface area is 138 Å². The van der Waals surface area contributed by atoms with Gasteiger partial charge in [0.1, 0.15) is 5.82 Å². The zero-order valence-corrected chi connectivity index (χ0v) is 13.5. The number of aryl methyl sites for hydroxylation is 1. The van der Waals surface area contributed by atoms with Crippen molar-refractivity contribution in [1.82, 2.24) is 14.5 Å². The summed E-state index contributed by atoms with van der Waals surface area (Å²) in [4.78, 5) is 22.0. The Hall–Kier alpha value is -2.20. The second-order valence-electron chi connectivity index (χ2n) is 6.17. The minimum Gasteiger partial charge on any atom is -0.268 e. The van der Waals surface area contributed by atoms with Gasteiger partial charge < -0.3 is 0 Å². The number of hydrogen-bond donors (Lipinski definition) is 0. The van der Waals surface area contributed by atoms with E-state index >= 15 is 0 Å². The quantitative estimate of drug-likeness (QED) is 0.737. The van der Waals surface area contributed by atoms with Crippen molar-refractivity contribution in [3.8, 4) is 5.69 Å². The Morgan fingerprint density at radius 1 is 1.30 bits per heavy atom. The van der Waals surface area contributed by atoms with Crippen LogP contribution in [0, 0.1) is 12.8 Å². The van der Waals surface area contributed by atoms with Crippen LogP contribution in [0.1, 0.15) is 24.2 Å². The van der Waals surface area contributed by atoms with Gasteiger partial charge in [-0.15, -0.1) is 0 Å². The number of rotatable bonds is 3. The van der Waals surface area contributed by atoms with E-state index in [9.17, 15) is 4.79 Å². The SMILES string of the molecule is Cc1cncc(-n2c(CC3CC3)nc3cccc(Cl)c3c2=O)c1. The minimum atomic E-state index is -0.122. The summed E-state index contributed by atoms with van der Waals surface area (Å²) in [6.07, 6.45) is 6.70. The van der Waals surface area contributed by atoms with Crippen molar-refractivity contribution >= 4 is 22.5 Å². The van der Waals surface area contributed by atoms with E-state index in [1.807, 2.05) is 25.1 Å². The van der Waals surface area contributed by atoms with E-state index in [-0.39, 0.29) is 5.56 Å². The molecule has 2 aromatic heterocycles. The fraction of sp³-hybridized carbons (Fsp3) is 0.278. The number of nitrogens with zero attached hydrogens (tertiary/aromatic N) is 3. The molecule has 23 heavy (non-hydrogen) atoms. The van der Waals surface area contributed by atoms with E-state index in [4.69, 9.17) is 16.6 Å². The third kappa shape index (κ3) is 2.63. The first kappa shape index (κ1) is 14.4. The highest BCUT2D eigenvalue weighted by Crippen LogP contribution is 2.33. The largest absolute Gasteiger partial charge is 0.268 e. The van der Waals surface area contributed by atoms with Gasteiger partial charge in [0.2, 0.25) is 0 Å². The van der Waals surface area contributed by atoms with Crippen molar-refractivity contribution in [2.24, 2.45) is 5.92 Å². The second kappa shape index (κ2) is 5.46. The normalized spacial score (nSPS) is 14.3. The lowest BCUT2D eigenvalue weighted by molar-refractivity contribution is 0.727. The highest BCUT2D eigenvalue weighted by molar-refractivity contribution is 6.35. The van der Waals surface area contributed by atoms with E-state index in [2.05, 4.69) is 4.98 Å². The lowest BCUT2D eigenvalue weighted by atomic mass is 10.2. The number of benzene rings is 1. The first-order valence-electron chi connectivity index (χ1n) is 7.75. The molecule has 0 saturated heterocycles. The number of halogens is 1. The van der Waals surface area contributed by atoms with Crippen LogP contribution in [0.15, 0.2) is 41.5 Å². The van der Waals surface area contributed by atoms with Crippen molar-refractivity contribution in [3.63, 3.8) is 0 Å². The molecule has 1 aromatic carbocycles. The Balaban J connectivity index is 2.04. The number of pyridine rings is 1. The zero-order chi connectivity index (χ0) is 16.0. The molecule has 0 atom stereocenters. The smallest absolute Gasteiger partial charge is 0.267 e. The predicted molar refractivity (Wildman–Crippen MR) is 91.3 cm³/mol. The summed E-state index contributed by atoms with van der Waals surface area (Å²) in [7, 11) is 0. The highest BCUT2D eigenvalue weighted by atomic mass is 35.5. The monoisotopic (exact) mass is 325 g/mol. The fourth-order valence-electron chi connectivity index (χ4n) is 2.88. The third-order valence-corrected chi connectivity index (χ3v) is 4.52. The average Bonchev–Trinajstić information content (AvgIpc) is 3.31. The van der Waals surface area contributed by atoms with Crippen LogP contribution < -0.4 is 5.56 Å². The summed E-state index contributed by atoms with van der Waals surface area (Å²) in [5.74, 6) is 1.42. The molecule has 3 aromatic rings. The van der Waals surface area contributed by atoms with Gasteiger partial charge in [-0.05, 0) is 49.4 Å². The van der Waals surface area contributed by atoms with Crippen LogP contribution in [0.25, 0.3) is 16.6 Å². The highest BCUT2D eigenvalue weighted by Gasteiger charge is 2.25. The van der Waals surface area contributed by atoms with Gasteiger partial charge in [0, 0.05) is 12.6 Å². The van der Waals surface area contributed by atoms with E-state index < -0.39 is 0 Å². The zero-order valence-electron chi connectivity index (χ0n) is 12.8. The van der Waals surface area contributed by atoms with E-state index in [1.165, 1.54) is 12.8 Å². The van der Waals surface area contributed by atoms with Crippen LogP contribution in [0.5, 0.6) is 0 Å². The van der Waals surface area contributed by atoms with Gasteiger partial charge in [-0.25, -0.2) is 4.98 Å². The maximum atomic E-state index is 13.1. The maximum absolute atomic E-state index is 13.1. The molecule has 0 amide bonds. The molecule has 0 bridgehead atoms. The van der Waals surface area contributed by atoms with Crippen molar-refractivity contribution in [3.05, 3.63) is 63.4 Å². The molecule has 116 valence electrons. The molecule has 0 spiro atoms. The molecule has 0 radical (unpaired) electrons. The standard InChI is InChI=1S/C18H16ClN3O/c1-11-7-13(10-20-9-11)22-16(8-12-5-6-12)21-15-4-2-3-14(19)17(15)18(22)23/h2-4,7,9-10,12H,5-6,8H2,1H3. The molecular formula is C18H16ClN3O. The van der Waals surface area contributed by atoms with Crippen molar-refractivity contribution in [2.75, 3.05) is 0 Å². The Morgan fingerprint density at radius 2 is 2.13 bits per heavy atom. The van der Waals surface area contributed by atoms with E-state index in [0.717, 1.165) is 23.5 Å². The summed E-state index contributed by atoms with van der Waals surface area (Å²) >= 11 is 6.25. The summed E-state index contributed by atoms with van der Waals surface area (Å²) in [5.41, 5.74) is 2.30. The molecule has 4 nitrogen and oxygen atoms in total. The van der Waals surface area contributed by atoms with Gasteiger partial charge in [0.05, 0.1) is 27.8 Å². The number of fused-ring (bicyclic) bond motifs is 1. The lowest BCUT2D eigenvalue weighted by Gasteiger charge is -2.14. The van der Waals surface area contributed by atoms with Crippen molar-refractivity contribution in [2.45, 2.75) is 26.2 Å². The summed E-state index contributed by atoms with van der Waals surface area (Å²) in [6.45, 7) is 1.96. The summed E-state index contributed by atoms with van der Waals surface area (Å²) < 4.78 is 1.67.